The zero-order valence-corrected chi connectivity index (χ0v) is 22.1. The minimum absolute atomic E-state index is 0.141. The average Bonchev–Trinajstić information content (AvgIpc) is 3.20. The van der Waals surface area contributed by atoms with Crippen LogP contribution in [0.3, 0.4) is 0 Å². The van der Waals surface area contributed by atoms with Crippen LogP contribution in [0.2, 0.25) is 5.02 Å². The molecule has 5 rings (SSSR count). The molecule has 1 aliphatic rings. The summed E-state index contributed by atoms with van der Waals surface area (Å²) in [6.45, 7) is 3.67. The normalized spacial score (nSPS) is 15.1. The van der Waals surface area contributed by atoms with Gasteiger partial charge in [-0.2, -0.15) is 0 Å². The van der Waals surface area contributed by atoms with Crippen LogP contribution in [0.25, 0.3) is 6.08 Å². The lowest BCUT2D eigenvalue weighted by molar-refractivity contribution is -0.139. The highest BCUT2D eigenvalue weighted by molar-refractivity contribution is 7.07. The van der Waals surface area contributed by atoms with Crippen molar-refractivity contribution in [2.45, 2.75) is 19.9 Å². The smallest absolute Gasteiger partial charge is 0.338 e. The standard InChI is InChI=1S/C29H23ClN2O5S/c1-3-36-28(35)25-17(2)31-29-32(27(34)24(38-29)16-18-4-10-21(33)11-5-18)26(25)19-6-12-22(13-7-19)37-23-14-8-20(30)9-15-23/h4-16,26,33H,3H2,1-2H3. The number of rotatable bonds is 6. The molecule has 4 aromatic rings. The lowest BCUT2D eigenvalue weighted by atomic mass is 9.96. The van der Waals surface area contributed by atoms with Crippen molar-refractivity contribution in [3.63, 3.8) is 0 Å². The fraction of sp³-hybridized carbons (Fsp3) is 0.138. The highest BCUT2D eigenvalue weighted by atomic mass is 35.5. The van der Waals surface area contributed by atoms with Crippen molar-refractivity contribution < 1.29 is 19.4 Å². The van der Waals surface area contributed by atoms with E-state index in [9.17, 15) is 14.7 Å². The summed E-state index contributed by atoms with van der Waals surface area (Å²) in [6, 6.07) is 20.1. The fourth-order valence-corrected chi connectivity index (χ4v) is 5.36. The van der Waals surface area contributed by atoms with Gasteiger partial charge in [0.2, 0.25) is 0 Å². The van der Waals surface area contributed by atoms with E-state index in [1.54, 1.807) is 80.6 Å². The Labute approximate surface area is 227 Å². The van der Waals surface area contributed by atoms with Crippen LogP contribution < -0.4 is 19.6 Å². The number of benzene rings is 3. The number of aromatic nitrogens is 1. The van der Waals surface area contributed by atoms with E-state index in [4.69, 9.17) is 21.1 Å². The van der Waals surface area contributed by atoms with Gasteiger partial charge in [0.05, 0.1) is 28.5 Å². The Morgan fingerprint density at radius 2 is 1.68 bits per heavy atom. The fourth-order valence-electron chi connectivity index (χ4n) is 4.19. The summed E-state index contributed by atoms with van der Waals surface area (Å²) in [5, 5.41) is 10.2. The molecule has 2 heterocycles. The second kappa shape index (κ2) is 10.7. The minimum atomic E-state index is -0.725. The summed E-state index contributed by atoms with van der Waals surface area (Å²) in [5.74, 6) is 0.844. The molecule has 0 fully saturated rings. The molecule has 1 unspecified atom stereocenters. The number of thiazole rings is 1. The molecule has 38 heavy (non-hydrogen) atoms. The summed E-state index contributed by atoms with van der Waals surface area (Å²) in [7, 11) is 0. The van der Waals surface area contributed by atoms with Crippen LogP contribution in [0, 0.1) is 0 Å². The van der Waals surface area contributed by atoms with Gasteiger partial charge in [0.15, 0.2) is 4.80 Å². The summed E-state index contributed by atoms with van der Waals surface area (Å²) in [4.78, 5) is 31.8. The van der Waals surface area contributed by atoms with Crippen molar-refractivity contribution in [1.29, 1.82) is 0 Å². The van der Waals surface area contributed by atoms with E-state index in [2.05, 4.69) is 4.99 Å². The van der Waals surface area contributed by atoms with Crippen molar-refractivity contribution >= 4 is 35.0 Å². The molecule has 0 saturated heterocycles. The Morgan fingerprint density at radius 3 is 2.32 bits per heavy atom. The number of phenolic OH excluding ortho intramolecular Hbond substituents is 1. The lowest BCUT2D eigenvalue weighted by Crippen LogP contribution is -2.39. The maximum absolute atomic E-state index is 13.7. The van der Waals surface area contributed by atoms with Gasteiger partial charge in [0, 0.05) is 5.02 Å². The Bertz CT molecular complexity index is 1700. The number of aromatic hydroxyl groups is 1. The topological polar surface area (TPSA) is 90.1 Å². The van der Waals surface area contributed by atoms with E-state index in [1.807, 2.05) is 12.1 Å². The third-order valence-corrected chi connectivity index (χ3v) is 7.19. The molecule has 9 heteroatoms. The number of ether oxygens (including phenoxy) is 2. The minimum Gasteiger partial charge on any atom is -0.508 e. The third kappa shape index (κ3) is 5.14. The van der Waals surface area contributed by atoms with Crippen molar-refractivity contribution in [3.8, 4) is 17.2 Å². The van der Waals surface area contributed by atoms with Gasteiger partial charge in [0.1, 0.15) is 17.2 Å². The van der Waals surface area contributed by atoms with Gasteiger partial charge in [-0.25, -0.2) is 9.79 Å². The van der Waals surface area contributed by atoms with Crippen LogP contribution in [0.15, 0.2) is 93.9 Å². The largest absolute Gasteiger partial charge is 0.508 e. The van der Waals surface area contributed by atoms with Crippen molar-refractivity contribution in [2.24, 2.45) is 4.99 Å². The number of carbonyl (C=O) groups is 1. The zero-order chi connectivity index (χ0) is 26.8. The number of nitrogens with zero attached hydrogens (tertiary/aromatic N) is 2. The molecule has 0 amide bonds. The average molecular weight is 547 g/mol. The first-order valence-electron chi connectivity index (χ1n) is 11.9. The molecule has 1 N–H and O–H groups in total. The van der Waals surface area contributed by atoms with Crippen LogP contribution in [-0.4, -0.2) is 22.2 Å². The molecule has 1 atom stereocenters. The molecule has 0 radical (unpaired) electrons. The molecule has 0 aliphatic carbocycles. The zero-order valence-electron chi connectivity index (χ0n) is 20.6. The van der Waals surface area contributed by atoms with Crippen LogP contribution >= 0.6 is 22.9 Å². The Kier molecular flexibility index (Phi) is 7.18. The molecule has 1 aromatic heterocycles. The van der Waals surface area contributed by atoms with Crippen LogP contribution in [-0.2, 0) is 9.53 Å². The third-order valence-electron chi connectivity index (χ3n) is 5.95. The van der Waals surface area contributed by atoms with Crippen molar-refractivity contribution in [2.75, 3.05) is 6.61 Å². The van der Waals surface area contributed by atoms with Crippen LogP contribution in [0.4, 0.5) is 0 Å². The molecule has 0 saturated carbocycles. The van der Waals surface area contributed by atoms with E-state index in [0.29, 0.717) is 42.7 Å². The van der Waals surface area contributed by atoms with Gasteiger partial charge in [0.25, 0.3) is 5.56 Å². The Morgan fingerprint density at radius 1 is 1.05 bits per heavy atom. The summed E-state index contributed by atoms with van der Waals surface area (Å²) in [6.07, 6.45) is 1.74. The van der Waals surface area contributed by atoms with E-state index in [1.165, 1.54) is 15.9 Å². The number of phenols is 1. The lowest BCUT2D eigenvalue weighted by Gasteiger charge is -2.24. The van der Waals surface area contributed by atoms with Gasteiger partial charge in [-0.3, -0.25) is 9.36 Å². The first-order chi connectivity index (χ1) is 18.3. The number of hydrogen-bond donors (Lipinski definition) is 1. The van der Waals surface area contributed by atoms with Gasteiger partial charge in [-0.1, -0.05) is 47.2 Å². The highest BCUT2D eigenvalue weighted by Gasteiger charge is 2.33. The first kappa shape index (κ1) is 25.5. The van der Waals surface area contributed by atoms with Crippen molar-refractivity contribution in [1.82, 2.24) is 4.57 Å². The summed E-state index contributed by atoms with van der Waals surface area (Å²) >= 11 is 7.20. The van der Waals surface area contributed by atoms with Crippen LogP contribution in [0.5, 0.6) is 17.2 Å². The summed E-state index contributed by atoms with van der Waals surface area (Å²) < 4.78 is 13.3. The number of allylic oxidation sites excluding steroid dienone is 1. The van der Waals surface area contributed by atoms with Crippen LogP contribution in [0.1, 0.15) is 31.0 Å². The number of halogens is 1. The quantitative estimate of drug-likeness (QED) is 0.346. The van der Waals surface area contributed by atoms with E-state index >= 15 is 0 Å². The number of esters is 1. The SMILES string of the molecule is CCOC(=O)C1=C(C)N=c2sc(=Cc3ccc(O)cc3)c(=O)n2C1c1ccc(Oc2ccc(Cl)cc2)cc1. The maximum atomic E-state index is 13.7. The van der Waals surface area contributed by atoms with Gasteiger partial charge in [-0.05, 0) is 79.6 Å². The number of fused-ring (bicyclic) bond motifs is 1. The molecule has 1 aliphatic heterocycles. The second-order valence-corrected chi connectivity index (χ2v) is 9.96. The highest BCUT2D eigenvalue weighted by Crippen LogP contribution is 2.32. The molecule has 192 valence electrons. The molecule has 0 spiro atoms. The molecule has 7 nitrogen and oxygen atoms in total. The number of hydrogen-bond acceptors (Lipinski definition) is 7. The van der Waals surface area contributed by atoms with Gasteiger partial charge < -0.3 is 14.6 Å². The van der Waals surface area contributed by atoms with E-state index in [-0.39, 0.29) is 17.9 Å². The summed E-state index contributed by atoms with van der Waals surface area (Å²) in [5.41, 5.74) is 1.99. The Balaban J connectivity index is 1.59. The Hall–Kier alpha value is -4.14. The first-order valence-corrected chi connectivity index (χ1v) is 13.1. The predicted molar refractivity (Wildman–Crippen MR) is 146 cm³/mol. The maximum Gasteiger partial charge on any atom is 0.338 e. The van der Waals surface area contributed by atoms with Crippen molar-refractivity contribution in [3.05, 3.63) is 120 Å². The molecule has 3 aromatic carbocycles. The number of carbonyl (C=O) groups excluding carboxylic acids is 1. The monoisotopic (exact) mass is 546 g/mol. The van der Waals surface area contributed by atoms with E-state index in [0.717, 1.165) is 5.56 Å². The van der Waals surface area contributed by atoms with E-state index < -0.39 is 12.0 Å². The van der Waals surface area contributed by atoms with Gasteiger partial charge in [-0.15, -0.1) is 0 Å². The molecular formula is C29H23ClN2O5S. The van der Waals surface area contributed by atoms with Gasteiger partial charge >= 0.3 is 5.97 Å². The molecule has 0 bridgehead atoms. The second-order valence-electron chi connectivity index (χ2n) is 8.52. The molecular weight excluding hydrogens is 524 g/mol. The predicted octanol–water partition coefficient (Wildman–Crippen LogP) is 4.95.